The summed E-state index contributed by atoms with van der Waals surface area (Å²) < 4.78 is 8.19. The van der Waals surface area contributed by atoms with Crippen LogP contribution in [0.2, 0.25) is 0 Å². The number of aromatic nitrogens is 2. The predicted octanol–water partition coefficient (Wildman–Crippen LogP) is 3.77. The second kappa shape index (κ2) is 9.54. The van der Waals surface area contributed by atoms with E-state index in [1.807, 2.05) is 42.2 Å². The number of nitrogens with zero attached hydrogens (tertiary/aromatic N) is 4. The maximum atomic E-state index is 13.2. The molecule has 2 amide bonds. The number of ether oxygens (including phenoxy) is 1. The number of rotatable bonds is 4. The van der Waals surface area contributed by atoms with Gasteiger partial charge in [0.15, 0.2) is 0 Å². The van der Waals surface area contributed by atoms with Gasteiger partial charge in [0.25, 0.3) is 5.91 Å². The number of hydrogen-bond donors (Lipinski definition) is 1. The molecular formula is C27H31N5O3. The number of fused-ring (bicyclic) bond motifs is 3. The van der Waals surface area contributed by atoms with Gasteiger partial charge in [0.1, 0.15) is 12.4 Å². The molecule has 35 heavy (non-hydrogen) atoms. The number of anilines is 1. The van der Waals surface area contributed by atoms with Gasteiger partial charge in [-0.25, -0.2) is 4.98 Å². The fraction of sp³-hybridized carbons (Fsp3) is 0.370. The highest BCUT2D eigenvalue weighted by Gasteiger charge is 2.30. The average Bonchev–Trinajstić information content (AvgIpc) is 3.11. The summed E-state index contributed by atoms with van der Waals surface area (Å²) in [4.78, 5) is 34.6. The molecule has 0 radical (unpaired) electrons. The van der Waals surface area contributed by atoms with Crippen LogP contribution in [0.3, 0.4) is 0 Å². The highest BCUT2D eigenvalue weighted by atomic mass is 16.5. The van der Waals surface area contributed by atoms with Gasteiger partial charge in [-0.2, -0.15) is 0 Å². The highest BCUT2D eigenvalue weighted by molar-refractivity contribution is 6.04. The van der Waals surface area contributed by atoms with Crippen LogP contribution in [0.15, 0.2) is 49.1 Å². The Balaban J connectivity index is 1.63. The van der Waals surface area contributed by atoms with Crippen molar-refractivity contribution in [1.29, 1.82) is 0 Å². The standard InChI is InChI=1S/C27H31N5O3/c1-4-24(33)31-12-6-9-20(16-31)32-25-21-17-30(3)13-14-35-23(21)11-10-22(25)28-27(32)29-26(34)19-8-5-7-18(2)15-19/h4-5,7-8,10-11,15,20H,1,6,9,12-14,16-17H2,2-3H3,(H,28,29,34)/t20-/m1/s1. The fourth-order valence-electron chi connectivity index (χ4n) is 5.09. The molecule has 8 heteroatoms. The van der Waals surface area contributed by atoms with Gasteiger partial charge in [-0.3, -0.25) is 19.8 Å². The van der Waals surface area contributed by atoms with Gasteiger partial charge in [0, 0.05) is 37.3 Å². The van der Waals surface area contributed by atoms with Gasteiger partial charge in [-0.15, -0.1) is 0 Å². The molecule has 1 saturated heterocycles. The topological polar surface area (TPSA) is 79.7 Å². The Labute approximate surface area is 205 Å². The zero-order chi connectivity index (χ0) is 24.5. The lowest BCUT2D eigenvalue weighted by Crippen LogP contribution is -2.40. The number of aryl methyl sites for hydroxylation is 1. The zero-order valence-electron chi connectivity index (χ0n) is 20.3. The molecule has 1 N–H and O–H groups in total. The normalized spacial score (nSPS) is 18.5. The van der Waals surface area contributed by atoms with Crippen LogP contribution >= 0.6 is 0 Å². The summed E-state index contributed by atoms with van der Waals surface area (Å²) in [6, 6.07) is 11.4. The number of likely N-dealkylation sites (tertiary alicyclic amines) is 1. The molecule has 5 rings (SSSR count). The molecular weight excluding hydrogens is 442 g/mol. The third-order valence-corrected chi connectivity index (χ3v) is 6.83. The number of piperidine rings is 1. The first kappa shape index (κ1) is 23.1. The summed E-state index contributed by atoms with van der Waals surface area (Å²) in [5, 5.41) is 3.07. The van der Waals surface area contributed by atoms with Gasteiger partial charge in [0.2, 0.25) is 11.9 Å². The van der Waals surface area contributed by atoms with Crippen molar-refractivity contribution in [2.24, 2.45) is 0 Å². The van der Waals surface area contributed by atoms with Crippen LogP contribution in [0.4, 0.5) is 5.95 Å². The Bertz CT molecular complexity index is 1300. The molecule has 1 aromatic heterocycles. The largest absolute Gasteiger partial charge is 0.492 e. The maximum Gasteiger partial charge on any atom is 0.257 e. The summed E-state index contributed by atoms with van der Waals surface area (Å²) in [5.74, 6) is 1.05. The molecule has 2 aliphatic heterocycles. The molecule has 2 aliphatic rings. The summed E-state index contributed by atoms with van der Waals surface area (Å²) in [6.07, 6.45) is 3.10. The van der Waals surface area contributed by atoms with E-state index in [0.717, 1.165) is 47.3 Å². The Morgan fingerprint density at radius 2 is 2.09 bits per heavy atom. The first-order valence-electron chi connectivity index (χ1n) is 12.1. The number of amides is 2. The number of nitrogens with one attached hydrogen (secondary N) is 1. The van der Waals surface area contributed by atoms with E-state index in [9.17, 15) is 9.59 Å². The zero-order valence-corrected chi connectivity index (χ0v) is 20.3. The van der Waals surface area contributed by atoms with Gasteiger partial charge < -0.3 is 14.2 Å². The molecule has 3 aromatic rings. The first-order chi connectivity index (χ1) is 16.9. The molecule has 8 nitrogen and oxygen atoms in total. The number of hydrogen-bond acceptors (Lipinski definition) is 5. The van der Waals surface area contributed by atoms with Crippen molar-refractivity contribution in [3.63, 3.8) is 0 Å². The van der Waals surface area contributed by atoms with Crippen LogP contribution in [0.5, 0.6) is 5.75 Å². The Morgan fingerprint density at radius 1 is 1.23 bits per heavy atom. The lowest BCUT2D eigenvalue weighted by Gasteiger charge is -2.34. The SMILES string of the molecule is C=CC(=O)N1CCC[C@@H](n2c(NC(=O)c3cccc(C)c3)nc3ccc4c(c32)CN(C)CCO4)C1. The lowest BCUT2D eigenvalue weighted by molar-refractivity contribution is -0.127. The van der Waals surface area contributed by atoms with Gasteiger partial charge in [0.05, 0.1) is 17.1 Å². The summed E-state index contributed by atoms with van der Waals surface area (Å²) in [6.45, 7) is 9.01. The Kier molecular flexibility index (Phi) is 6.30. The van der Waals surface area contributed by atoms with E-state index in [1.165, 1.54) is 6.08 Å². The molecule has 1 atom stereocenters. The molecule has 3 heterocycles. The van der Waals surface area contributed by atoms with E-state index in [0.29, 0.717) is 37.8 Å². The van der Waals surface area contributed by atoms with Crippen molar-refractivity contribution in [3.8, 4) is 5.75 Å². The quantitative estimate of drug-likeness (QED) is 0.584. The molecule has 2 aromatic carbocycles. The second-order valence-corrected chi connectivity index (χ2v) is 9.41. The molecule has 182 valence electrons. The molecule has 0 spiro atoms. The Hall–Kier alpha value is -3.65. The van der Waals surface area contributed by atoms with E-state index >= 15 is 0 Å². The van der Waals surface area contributed by atoms with Crippen molar-refractivity contribution < 1.29 is 14.3 Å². The van der Waals surface area contributed by atoms with Crippen molar-refractivity contribution >= 4 is 28.8 Å². The van der Waals surface area contributed by atoms with E-state index in [2.05, 4.69) is 28.4 Å². The number of likely N-dealkylation sites (N-methyl/N-ethyl adjacent to an activating group) is 1. The monoisotopic (exact) mass is 473 g/mol. The van der Waals surface area contributed by atoms with Crippen LogP contribution in [0.1, 0.15) is 40.4 Å². The third kappa shape index (κ3) is 4.53. The van der Waals surface area contributed by atoms with Crippen molar-refractivity contribution in [1.82, 2.24) is 19.4 Å². The van der Waals surface area contributed by atoms with Crippen LogP contribution in [-0.4, -0.2) is 64.5 Å². The fourth-order valence-corrected chi connectivity index (χ4v) is 5.09. The number of imidazole rings is 1. The minimum Gasteiger partial charge on any atom is -0.492 e. The minimum atomic E-state index is -0.209. The molecule has 0 saturated carbocycles. The molecule has 0 aliphatic carbocycles. The summed E-state index contributed by atoms with van der Waals surface area (Å²) >= 11 is 0. The first-order valence-corrected chi connectivity index (χ1v) is 12.1. The maximum absolute atomic E-state index is 13.2. The Morgan fingerprint density at radius 3 is 2.89 bits per heavy atom. The van der Waals surface area contributed by atoms with Gasteiger partial charge in [-0.05, 0) is 57.2 Å². The highest BCUT2D eigenvalue weighted by Crippen LogP contribution is 2.37. The van der Waals surface area contributed by atoms with Crippen LogP contribution in [0.25, 0.3) is 11.0 Å². The van der Waals surface area contributed by atoms with Gasteiger partial charge >= 0.3 is 0 Å². The number of carbonyl (C=O) groups excluding carboxylic acids is 2. The van der Waals surface area contributed by atoms with Gasteiger partial charge in [-0.1, -0.05) is 24.3 Å². The predicted molar refractivity (Wildman–Crippen MR) is 136 cm³/mol. The second-order valence-electron chi connectivity index (χ2n) is 9.41. The molecule has 1 fully saturated rings. The molecule has 0 unspecified atom stereocenters. The van der Waals surface area contributed by atoms with Crippen molar-refractivity contribution in [2.75, 3.05) is 38.6 Å². The summed E-state index contributed by atoms with van der Waals surface area (Å²) in [5.41, 5.74) is 4.40. The summed E-state index contributed by atoms with van der Waals surface area (Å²) in [7, 11) is 2.07. The van der Waals surface area contributed by atoms with E-state index in [-0.39, 0.29) is 17.9 Å². The average molecular weight is 474 g/mol. The van der Waals surface area contributed by atoms with Crippen molar-refractivity contribution in [2.45, 2.75) is 32.4 Å². The van der Waals surface area contributed by atoms with Crippen LogP contribution in [-0.2, 0) is 11.3 Å². The smallest absolute Gasteiger partial charge is 0.257 e. The van der Waals surface area contributed by atoms with Crippen molar-refractivity contribution in [3.05, 3.63) is 65.7 Å². The number of benzene rings is 2. The van der Waals surface area contributed by atoms with Crippen LogP contribution < -0.4 is 10.1 Å². The van der Waals surface area contributed by atoms with E-state index in [1.54, 1.807) is 6.07 Å². The minimum absolute atomic E-state index is 0.0366. The van der Waals surface area contributed by atoms with E-state index in [4.69, 9.17) is 9.72 Å². The van der Waals surface area contributed by atoms with Crippen LogP contribution in [0, 0.1) is 6.92 Å². The lowest BCUT2D eigenvalue weighted by atomic mass is 10.0. The van der Waals surface area contributed by atoms with E-state index < -0.39 is 0 Å². The number of carbonyl (C=O) groups is 2. The third-order valence-electron chi connectivity index (χ3n) is 6.83. The molecule has 0 bridgehead atoms.